The van der Waals surface area contributed by atoms with Crippen LogP contribution in [0.15, 0.2) is 24.3 Å². The van der Waals surface area contributed by atoms with Gasteiger partial charge in [0.25, 0.3) is 0 Å². The number of nitrogens with two attached hydrogens (primary N) is 1. The third-order valence-corrected chi connectivity index (χ3v) is 3.78. The van der Waals surface area contributed by atoms with Crippen LogP contribution in [-0.4, -0.2) is 24.0 Å². The molecule has 0 aliphatic heterocycles. The quantitative estimate of drug-likeness (QED) is 0.777. The normalized spacial score (nSPS) is 13.4. The number of nitrogens with zero attached hydrogens (tertiary/aromatic N) is 1. The van der Waals surface area contributed by atoms with Crippen molar-refractivity contribution in [3.63, 3.8) is 0 Å². The van der Waals surface area contributed by atoms with Crippen molar-refractivity contribution >= 4 is 0 Å². The summed E-state index contributed by atoms with van der Waals surface area (Å²) in [5, 5.41) is 0. The summed E-state index contributed by atoms with van der Waals surface area (Å²) in [6, 6.07) is 9.92. The van der Waals surface area contributed by atoms with Gasteiger partial charge in [-0.05, 0) is 50.3 Å². The first-order chi connectivity index (χ1) is 9.49. The largest absolute Gasteiger partial charge is 0.329 e. The lowest BCUT2D eigenvalue weighted by atomic mass is 9.98. The molecule has 1 aromatic rings. The minimum absolute atomic E-state index is 0.336. The van der Waals surface area contributed by atoms with E-state index in [2.05, 4.69) is 63.8 Å². The molecular weight excluding hydrogens is 244 g/mol. The fourth-order valence-electron chi connectivity index (χ4n) is 2.84. The summed E-state index contributed by atoms with van der Waals surface area (Å²) in [4.78, 5) is 2.51. The summed E-state index contributed by atoms with van der Waals surface area (Å²) in [7, 11) is 0. The van der Waals surface area contributed by atoms with Crippen molar-refractivity contribution < 1.29 is 0 Å². The van der Waals surface area contributed by atoms with Crippen molar-refractivity contribution in [3.05, 3.63) is 35.4 Å². The van der Waals surface area contributed by atoms with Gasteiger partial charge in [0.1, 0.15) is 0 Å². The molecule has 2 heteroatoms. The van der Waals surface area contributed by atoms with Gasteiger partial charge in [0, 0.05) is 18.6 Å². The number of hydrogen-bond donors (Lipinski definition) is 1. The van der Waals surface area contributed by atoms with Gasteiger partial charge in [0.2, 0.25) is 0 Å². The molecule has 0 heterocycles. The van der Waals surface area contributed by atoms with E-state index < -0.39 is 0 Å². The zero-order chi connectivity index (χ0) is 15.1. The predicted octanol–water partition coefficient (Wildman–Crippen LogP) is 4.01. The van der Waals surface area contributed by atoms with Crippen LogP contribution in [0.25, 0.3) is 0 Å². The monoisotopic (exact) mass is 276 g/mol. The van der Waals surface area contributed by atoms with Gasteiger partial charge in [-0.2, -0.15) is 0 Å². The second-order valence-electron chi connectivity index (χ2n) is 6.42. The standard InChI is InChI=1S/C18H32N2/c1-6-11-20(15(4)5)18(13-19)17-9-7-16(8-10-17)12-14(2)3/h7-10,14-15,18H,6,11-13,19H2,1-5H3. The highest BCUT2D eigenvalue weighted by atomic mass is 15.2. The zero-order valence-corrected chi connectivity index (χ0v) is 13.9. The van der Waals surface area contributed by atoms with Gasteiger partial charge in [-0.3, -0.25) is 4.90 Å². The first-order valence-electron chi connectivity index (χ1n) is 8.04. The Morgan fingerprint density at radius 1 is 1.05 bits per heavy atom. The summed E-state index contributed by atoms with van der Waals surface area (Å²) in [6.07, 6.45) is 2.32. The average Bonchev–Trinajstić information content (AvgIpc) is 2.39. The Hall–Kier alpha value is -0.860. The molecule has 0 aromatic heterocycles. The van der Waals surface area contributed by atoms with E-state index in [4.69, 9.17) is 5.73 Å². The fourth-order valence-corrected chi connectivity index (χ4v) is 2.84. The van der Waals surface area contributed by atoms with Crippen LogP contribution >= 0.6 is 0 Å². The van der Waals surface area contributed by atoms with Crippen LogP contribution in [0.3, 0.4) is 0 Å². The molecule has 0 bridgehead atoms. The Morgan fingerprint density at radius 2 is 1.65 bits per heavy atom. The Morgan fingerprint density at radius 3 is 2.05 bits per heavy atom. The minimum atomic E-state index is 0.336. The molecule has 1 rings (SSSR count). The van der Waals surface area contributed by atoms with Gasteiger partial charge in [-0.15, -0.1) is 0 Å². The topological polar surface area (TPSA) is 29.3 Å². The smallest absolute Gasteiger partial charge is 0.0473 e. The van der Waals surface area contributed by atoms with Crippen LogP contribution in [0.1, 0.15) is 58.2 Å². The van der Waals surface area contributed by atoms with Crippen LogP contribution < -0.4 is 5.73 Å². The van der Waals surface area contributed by atoms with Crippen LogP contribution in [0.2, 0.25) is 0 Å². The average molecular weight is 276 g/mol. The first kappa shape index (κ1) is 17.2. The Bertz CT molecular complexity index is 368. The fraction of sp³-hybridized carbons (Fsp3) is 0.667. The summed E-state index contributed by atoms with van der Waals surface area (Å²) in [5.74, 6) is 0.707. The van der Waals surface area contributed by atoms with Crippen molar-refractivity contribution in [1.29, 1.82) is 0 Å². The van der Waals surface area contributed by atoms with Crippen LogP contribution in [0, 0.1) is 5.92 Å². The maximum absolute atomic E-state index is 6.05. The van der Waals surface area contributed by atoms with Gasteiger partial charge >= 0.3 is 0 Å². The summed E-state index contributed by atoms with van der Waals surface area (Å²) in [5.41, 5.74) is 8.82. The molecule has 0 fully saturated rings. The van der Waals surface area contributed by atoms with E-state index in [9.17, 15) is 0 Å². The van der Waals surface area contributed by atoms with Gasteiger partial charge < -0.3 is 5.73 Å². The van der Waals surface area contributed by atoms with Crippen molar-refractivity contribution in [1.82, 2.24) is 4.90 Å². The molecule has 0 saturated carbocycles. The van der Waals surface area contributed by atoms with Crippen molar-refractivity contribution in [2.45, 2.75) is 59.5 Å². The van der Waals surface area contributed by atoms with Gasteiger partial charge in [0.05, 0.1) is 0 Å². The second kappa shape index (κ2) is 8.43. The maximum Gasteiger partial charge on any atom is 0.0473 e. The molecule has 20 heavy (non-hydrogen) atoms. The maximum atomic E-state index is 6.05. The molecular formula is C18H32N2. The summed E-state index contributed by atoms with van der Waals surface area (Å²) >= 11 is 0. The highest BCUT2D eigenvalue weighted by Gasteiger charge is 2.20. The van der Waals surface area contributed by atoms with E-state index in [1.165, 1.54) is 17.5 Å². The molecule has 0 amide bonds. The molecule has 0 aliphatic rings. The van der Waals surface area contributed by atoms with Crippen molar-refractivity contribution in [3.8, 4) is 0 Å². The highest BCUT2D eigenvalue weighted by Crippen LogP contribution is 2.23. The zero-order valence-electron chi connectivity index (χ0n) is 13.9. The lowest BCUT2D eigenvalue weighted by Crippen LogP contribution is -2.39. The molecule has 1 unspecified atom stereocenters. The van der Waals surface area contributed by atoms with Crippen LogP contribution in [-0.2, 0) is 6.42 Å². The van der Waals surface area contributed by atoms with E-state index >= 15 is 0 Å². The molecule has 0 aliphatic carbocycles. The number of hydrogen-bond acceptors (Lipinski definition) is 2. The van der Waals surface area contributed by atoms with Gasteiger partial charge in [-0.25, -0.2) is 0 Å². The minimum Gasteiger partial charge on any atom is -0.329 e. The van der Waals surface area contributed by atoms with E-state index in [0.29, 0.717) is 24.5 Å². The number of rotatable bonds is 8. The Labute approximate surface area is 125 Å². The summed E-state index contributed by atoms with van der Waals surface area (Å²) < 4.78 is 0. The molecule has 0 spiro atoms. The molecule has 2 nitrogen and oxygen atoms in total. The molecule has 1 atom stereocenters. The molecule has 0 radical (unpaired) electrons. The predicted molar refractivity (Wildman–Crippen MR) is 88.9 cm³/mol. The number of benzene rings is 1. The van der Waals surface area contributed by atoms with E-state index in [1.807, 2.05) is 0 Å². The van der Waals surface area contributed by atoms with E-state index in [-0.39, 0.29) is 0 Å². The molecule has 1 aromatic carbocycles. The molecule has 114 valence electrons. The van der Waals surface area contributed by atoms with Crippen molar-refractivity contribution in [2.24, 2.45) is 11.7 Å². The van der Waals surface area contributed by atoms with E-state index in [1.54, 1.807) is 0 Å². The lowest BCUT2D eigenvalue weighted by Gasteiger charge is -2.34. The van der Waals surface area contributed by atoms with Gasteiger partial charge in [0.15, 0.2) is 0 Å². The summed E-state index contributed by atoms with van der Waals surface area (Å²) in [6.45, 7) is 13.1. The second-order valence-corrected chi connectivity index (χ2v) is 6.42. The Kier molecular flexibility index (Phi) is 7.25. The Balaban J connectivity index is 2.88. The highest BCUT2D eigenvalue weighted by molar-refractivity contribution is 5.26. The van der Waals surface area contributed by atoms with Crippen LogP contribution in [0.4, 0.5) is 0 Å². The molecule has 0 saturated heterocycles. The van der Waals surface area contributed by atoms with Gasteiger partial charge in [-0.1, -0.05) is 45.0 Å². The van der Waals surface area contributed by atoms with Crippen LogP contribution in [0.5, 0.6) is 0 Å². The third kappa shape index (κ3) is 4.92. The van der Waals surface area contributed by atoms with E-state index in [0.717, 1.165) is 13.0 Å². The first-order valence-corrected chi connectivity index (χ1v) is 8.04. The lowest BCUT2D eigenvalue weighted by molar-refractivity contribution is 0.157. The SMILES string of the molecule is CCCN(C(C)C)C(CN)c1ccc(CC(C)C)cc1. The molecule has 2 N–H and O–H groups in total. The third-order valence-electron chi connectivity index (χ3n) is 3.78. The van der Waals surface area contributed by atoms with Crippen molar-refractivity contribution in [2.75, 3.05) is 13.1 Å².